The molecular formula is C36H46N2. The number of unbranched alkanes of at least 4 members (excludes halogenated alkanes) is 2. The van der Waals surface area contributed by atoms with E-state index < -0.39 is 0 Å². The smallest absolute Gasteiger partial charge is 0.0376 e. The van der Waals surface area contributed by atoms with E-state index in [1.54, 1.807) is 0 Å². The number of hydrogen-bond donors (Lipinski definition) is 1. The fourth-order valence-electron chi connectivity index (χ4n) is 5.44. The third-order valence-electron chi connectivity index (χ3n) is 7.64. The van der Waals surface area contributed by atoms with E-state index in [0.717, 1.165) is 38.9 Å². The van der Waals surface area contributed by atoms with Crippen molar-refractivity contribution >= 4 is 11.8 Å². The van der Waals surface area contributed by atoms with E-state index in [2.05, 4.69) is 122 Å². The summed E-state index contributed by atoms with van der Waals surface area (Å²) in [6, 6.07) is 27.3. The standard InChI is InChI=1S/C36H46N2/c1-4-6-8-21-36(37-24-14-13-18-30-16-9-7-10-17-30)35-20-12-11-19-33(35)27-38-28-34-26-31(15-5-2)22-23-32(34)25-29(38)3/h7,9-13,16-23,26,29,37H,4-6,8,14-15,24-25,27-28H2,1-3H3/b18-13+,36-21-. The van der Waals surface area contributed by atoms with Gasteiger partial charge in [-0.3, -0.25) is 4.90 Å². The van der Waals surface area contributed by atoms with Crippen molar-refractivity contribution in [2.45, 2.75) is 84.8 Å². The number of rotatable bonds is 13. The Bertz CT molecular complexity index is 1190. The SMILES string of the molecule is CCCC/C=C(\NCC/C=C/c1ccccc1)c1ccccc1CN1Cc2cc(CCC)ccc2CC1C. The molecule has 0 aliphatic carbocycles. The summed E-state index contributed by atoms with van der Waals surface area (Å²) in [5.41, 5.74) is 9.86. The minimum Gasteiger partial charge on any atom is -0.385 e. The number of nitrogens with zero attached hydrogens (tertiary/aromatic N) is 1. The number of benzene rings is 3. The first kappa shape index (κ1) is 27.9. The van der Waals surface area contributed by atoms with Gasteiger partial charge in [0, 0.05) is 36.9 Å². The topological polar surface area (TPSA) is 15.3 Å². The van der Waals surface area contributed by atoms with Crippen LogP contribution in [0.4, 0.5) is 0 Å². The molecule has 1 unspecified atom stereocenters. The van der Waals surface area contributed by atoms with Crippen LogP contribution in [-0.2, 0) is 25.9 Å². The van der Waals surface area contributed by atoms with Gasteiger partial charge >= 0.3 is 0 Å². The minimum absolute atomic E-state index is 0.538. The largest absolute Gasteiger partial charge is 0.385 e. The van der Waals surface area contributed by atoms with Gasteiger partial charge in [0.2, 0.25) is 0 Å². The van der Waals surface area contributed by atoms with E-state index in [1.807, 2.05) is 0 Å². The van der Waals surface area contributed by atoms with Gasteiger partial charge in [0.1, 0.15) is 0 Å². The number of hydrogen-bond acceptors (Lipinski definition) is 2. The summed E-state index contributed by atoms with van der Waals surface area (Å²) in [6.07, 6.45) is 15.0. The molecule has 38 heavy (non-hydrogen) atoms. The van der Waals surface area contributed by atoms with Crippen LogP contribution in [0.25, 0.3) is 11.8 Å². The maximum atomic E-state index is 3.80. The zero-order valence-electron chi connectivity index (χ0n) is 23.8. The number of fused-ring (bicyclic) bond motifs is 1. The van der Waals surface area contributed by atoms with Crippen LogP contribution >= 0.6 is 0 Å². The molecule has 4 rings (SSSR count). The van der Waals surface area contributed by atoms with Gasteiger partial charge in [-0.2, -0.15) is 0 Å². The van der Waals surface area contributed by atoms with Gasteiger partial charge in [0.05, 0.1) is 0 Å². The Morgan fingerprint density at radius 1 is 0.921 bits per heavy atom. The number of nitrogens with one attached hydrogen (secondary N) is 1. The van der Waals surface area contributed by atoms with E-state index in [4.69, 9.17) is 0 Å². The predicted molar refractivity (Wildman–Crippen MR) is 165 cm³/mol. The monoisotopic (exact) mass is 506 g/mol. The van der Waals surface area contributed by atoms with E-state index in [0.29, 0.717) is 6.04 Å². The first-order valence-corrected chi connectivity index (χ1v) is 14.8. The fourth-order valence-corrected chi connectivity index (χ4v) is 5.44. The van der Waals surface area contributed by atoms with Gasteiger partial charge in [-0.25, -0.2) is 0 Å². The molecule has 0 aromatic heterocycles. The number of allylic oxidation sites excluding steroid dienone is 1. The summed E-state index contributed by atoms with van der Waals surface area (Å²) in [5, 5.41) is 3.80. The van der Waals surface area contributed by atoms with Crippen LogP contribution in [0.15, 0.2) is 84.9 Å². The second kappa shape index (κ2) is 14.7. The molecule has 1 atom stereocenters. The lowest BCUT2D eigenvalue weighted by molar-refractivity contribution is 0.175. The maximum absolute atomic E-state index is 3.80. The quantitative estimate of drug-likeness (QED) is 0.233. The van der Waals surface area contributed by atoms with E-state index in [-0.39, 0.29) is 0 Å². The summed E-state index contributed by atoms with van der Waals surface area (Å²) in [5.74, 6) is 0. The molecule has 200 valence electrons. The molecule has 1 N–H and O–H groups in total. The molecule has 0 spiro atoms. The van der Waals surface area contributed by atoms with E-state index >= 15 is 0 Å². The second-order valence-corrected chi connectivity index (χ2v) is 10.8. The molecule has 1 heterocycles. The Morgan fingerprint density at radius 2 is 1.74 bits per heavy atom. The van der Waals surface area contributed by atoms with Crippen LogP contribution in [0, 0.1) is 0 Å². The molecule has 2 heteroatoms. The summed E-state index contributed by atoms with van der Waals surface area (Å²) in [7, 11) is 0. The van der Waals surface area contributed by atoms with Crippen molar-refractivity contribution in [3.8, 4) is 0 Å². The molecule has 1 aliphatic heterocycles. The van der Waals surface area contributed by atoms with Crippen LogP contribution in [0.3, 0.4) is 0 Å². The highest BCUT2D eigenvalue weighted by Crippen LogP contribution is 2.28. The summed E-state index contributed by atoms with van der Waals surface area (Å²) in [4.78, 5) is 2.67. The van der Waals surface area contributed by atoms with Gasteiger partial charge in [-0.05, 0) is 66.8 Å². The van der Waals surface area contributed by atoms with Crippen molar-refractivity contribution in [1.29, 1.82) is 0 Å². The zero-order valence-corrected chi connectivity index (χ0v) is 23.8. The van der Waals surface area contributed by atoms with Gasteiger partial charge in [0.25, 0.3) is 0 Å². The average molecular weight is 507 g/mol. The van der Waals surface area contributed by atoms with Crippen molar-refractivity contribution < 1.29 is 0 Å². The molecule has 1 aliphatic rings. The predicted octanol–water partition coefficient (Wildman–Crippen LogP) is 8.81. The van der Waals surface area contributed by atoms with Crippen LogP contribution in [-0.4, -0.2) is 17.5 Å². The van der Waals surface area contributed by atoms with Gasteiger partial charge in [-0.15, -0.1) is 0 Å². The molecule has 2 nitrogen and oxygen atoms in total. The molecule has 3 aromatic carbocycles. The lowest BCUT2D eigenvalue weighted by Gasteiger charge is -2.35. The van der Waals surface area contributed by atoms with Gasteiger partial charge in [0.15, 0.2) is 0 Å². The Kier molecular flexibility index (Phi) is 10.8. The Balaban J connectivity index is 1.47. The highest BCUT2D eigenvalue weighted by molar-refractivity contribution is 5.67. The van der Waals surface area contributed by atoms with Crippen LogP contribution in [0.5, 0.6) is 0 Å². The highest BCUT2D eigenvalue weighted by Gasteiger charge is 2.24. The van der Waals surface area contributed by atoms with Crippen LogP contribution in [0.1, 0.15) is 86.3 Å². The van der Waals surface area contributed by atoms with Crippen LogP contribution in [0.2, 0.25) is 0 Å². The van der Waals surface area contributed by atoms with Crippen molar-refractivity contribution in [1.82, 2.24) is 10.2 Å². The molecule has 0 amide bonds. The third kappa shape index (κ3) is 7.95. The molecule has 0 radical (unpaired) electrons. The van der Waals surface area contributed by atoms with Crippen molar-refractivity contribution in [2.75, 3.05) is 6.54 Å². The van der Waals surface area contributed by atoms with Gasteiger partial charge in [-0.1, -0.05) is 118 Å². The Hall–Kier alpha value is -3.10. The second-order valence-electron chi connectivity index (χ2n) is 10.8. The first-order chi connectivity index (χ1) is 18.7. The van der Waals surface area contributed by atoms with E-state index in [1.165, 1.54) is 64.8 Å². The van der Waals surface area contributed by atoms with Crippen molar-refractivity contribution in [3.05, 3.63) is 118 Å². The Labute approximate surface area is 231 Å². The molecule has 0 fully saturated rings. The summed E-state index contributed by atoms with van der Waals surface area (Å²) < 4.78 is 0. The molecule has 3 aromatic rings. The van der Waals surface area contributed by atoms with E-state index in [9.17, 15) is 0 Å². The summed E-state index contributed by atoms with van der Waals surface area (Å²) in [6.45, 7) is 9.88. The molecular weight excluding hydrogens is 460 g/mol. The zero-order chi connectivity index (χ0) is 26.6. The highest BCUT2D eigenvalue weighted by atomic mass is 15.2. The fraction of sp³-hybridized carbons (Fsp3) is 0.389. The molecule has 0 saturated carbocycles. The Morgan fingerprint density at radius 3 is 2.55 bits per heavy atom. The normalized spacial score (nSPS) is 16.1. The molecule has 0 saturated heterocycles. The average Bonchev–Trinajstić information content (AvgIpc) is 2.94. The lowest BCUT2D eigenvalue weighted by atomic mass is 9.91. The van der Waals surface area contributed by atoms with Crippen LogP contribution < -0.4 is 5.32 Å². The maximum Gasteiger partial charge on any atom is 0.0376 e. The van der Waals surface area contributed by atoms with Crippen molar-refractivity contribution in [2.24, 2.45) is 0 Å². The van der Waals surface area contributed by atoms with Crippen molar-refractivity contribution in [3.63, 3.8) is 0 Å². The summed E-state index contributed by atoms with van der Waals surface area (Å²) >= 11 is 0. The van der Waals surface area contributed by atoms with Gasteiger partial charge < -0.3 is 5.32 Å². The lowest BCUT2D eigenvalue weighted by Crippen LogP contribution is -2.38. The first-order valence-electron chi connectivity index (χ1n) is 14.8. The molecule has 0 bridgehead atoms. The third-order valence-corrected chi connectivity index (χ3v) is 7.64. The number of aryl methyl sites for hydroxylation is 1. The minimum atomic E-state index is 0.538.